The normalized spacial score (nSPS) is 11.4. The maximum absolute atomic E-state index is 12.4. The molecule has 0 unspecified atom stereocenters. The van der Waals surface area contributed by atoms with Crippen molar-refractivity contribution in [3.8, 4) is 18.1 Å². The Hall–Kier alpha value is -2.76. The highest BCUT2D eigenvalue weighted by Crippen LogP contribution is 2.33. The fraction of sp³-hybridized carbons (Fsp3) is 0.286. The van der Waals surface area contributed by atoms with Crippen LogP contribution in [0.4, 0.5) is 18.3 Å². The van der Waals surface area contributed by atoms with E-state index in [9.17, 15) is 13.2 Å². The minimum atomic E-state index is -4.73. The molecule has 0 fully saturated rings. The number of hydrogen-bond donors (Lipinski definition) is 0. The third kappa shape index (κ3) is 6.11. The van der Waals surface area contributed by atoms with Crippen LogP contribution in [0.15, 0.2) is 42.5 Å². The van der Waals surface area contributed by atoms with Crippen LogP contribution in [0.3, 0.4) is 0 Å². The number of aromatic nitrogens is 1. The molecule has 0 aliphatic heterocycles. The molecule has 2 aromatic carbocycles. The number of hydrogen-bond acceptors (Lipinski definition) is 5. The van der Waals surface area contributed by atoms with Gasteiger partial charge in [-0.25, -0.2) is 4.98 Å². The number of fused-ring (bicyclic) bond motifs is 1. The highest BCUT2D eigenvalue weighted by atomic mass is 32.1. The molecule has 0 spiro atoms. The number of benzene rings is 2. The number of aryl methyl sites for hydroxylation is 1. The lowest BCUT2D eigenvalue weighted by atomic mass is 10.2. The Kier molecular flexibility index (Phi) is 6.62. The summed E-state index contributed by atoms with van der Waals surface area (Å²) in [5.74, 6) is 2.31. The van der Waals surface area contributed by atoms with Gasteiger partial charge in [0.15, 0.2) is 5.13 Å². The molecular formula is C21H19F3N2O2S. The molecule has 0 saturated heterocycles. The predicted molar refractivity (Wildman–Crippen MR) is 108 cm³/mol. The van der Waals surface area contributed by atoms with Crippen LogP contribution in [-0.4, -0.2) is 31.0 Å². The Morgan fingerprint density at radius 3 is 2.62 bits per heavy atom. The van der Waals surface area contributed by atoms with Gasteiger partial charge in [-0.3, -0.25) is 0 Å². The van der Waals surface area contributed by atoms with E-state index in [2.05, 4.69) is 15.6 Å². The monoisotopic (exact) mass is 420 g/mol. The van der Waals surface area contributed by atoms with Crippen LogP contribution in [0.1, 0.15) is 11.1 Å². The molecule has 0 amide bonds. The van der Waals surface area contributed by atoms with Gasteiger partial charge in [0.25, 0.3) is 0 Å². The smallest absolute Gasteiger partial charge is 0.406 e. The summed E-state index contributed by atoms with van der Waals surface area (Å²) in [6.07, 6.45) is 0.733. The van der Waals surface area contributed by atoms with Gasteiger partial charge in [-0.15, -0.1) is 19.6 Å². The molecule has 1 aromatic heterocycles. The summed E-state index contributed by atoms with van der Waals surface area (Å²) >= 11 is 1.26. The third-order valence-corrected chi connectivity index (χ3v) is 5.11. The van der Waals surface area contributed by atoms with Gasteiger partial charge < -0.3 is 14.4 Å². The van der Waals surface area contributed by atoms with E-state index in [1.807, 2.05) is 36.1 Å². The third-order valence-electron chi connectivity index (χ3n) is 4.03. The first kappa shape index (κ1) is 21.0. The van der Waals surface area contributed by atoms with Gasteiger partial charge in [0.2, 0.25) is 0 Å². The minimum absolute atomic E-state index is 0.273. The highest BCUT2D eigenvalue weighted by molar-refractivity contribution is 7.22. The molecule has 0 aliphatic rings. The van der Waals surface area contributed by atoms with E-state index in [-0.39, 0.29) is 5.75 Å². The van der Waals surface area contributed by atoms with Gasteiger partial charge in [0.05, 0.1) is 30.0 Å². The van der Waals surface area contributed by atoms with Crippen LogP contribution < -0.4 is 9.64 Å². The van der Waals surface area contributed by atoms with Crippen molar-refractivity contribution in [1.29, 1.82) is 0 Å². The average molecular weight is 420 g/mol. The Morgan fingerprint density at radius 1 is 1.17 bits per heavy atom. The van der Waals surface area contributed by atoms with Gasteiger partial charge in [-0.1, -0.05) is 47.1 Å². The summed E-state index contributed by atoms with van der Waals surface area (Å²) in [5.41, 5.74) is 2.85. The van der Waals surface area contributed by atoms with Crippen LogP contribution in [0.2, 0.25) is 0 Å². The maximum atomic E-state index is 12.4. The molecule has 3 rings (SSSR count). The molecule has 0 saturated carbocycles. The lowest BCUT2D eigenvalue weighted by molar-refractivity contribution is -0.274. The standard InChI is InChI=1S/C21H19F3N2O2S/c1-3-10-26(11-12-27-14-16-6-4-15(2)5-7-16)20-25-18-9-8-17(13-19(18)29-20)28-21(22,23)24/h1,4-9,13H,10-12,14H2,2H3. The van der Waals surface area contributed by atoms with Crippen LogP contribution >= 0.6 is 11.3 Å². The van der Waals surface area contributed by atoms with Gasteiger partial charge in [0, 0.05) is 12.6 Å². The molecule has 0 N–H and O–H groups in total. The first-order chi connectivity index (χ1) is 13.8. The molecule has 3 aromatic rings. The molecule has 0 bridgehead atoms. The summed E-state index contributed by atoms with van der Waals surface area (Å²) < 4.78 is 47.5. The van der Waals surface area contributed by atoms with Crippen molar-refractivity contribution in [2.24, 2.45) is 0 Å². The van der Waals surface area contributed by atoms with Gasteiger partial charge in [-0.2, -0.15) is 0 Å². The number of alkyl halides is 3. The molecule has 152 valence electrons. The number of ether oxygens (including phenoxy) is 2. The number of rotatable bonds is 8. The van der Waals surface area contributed by atoms with Crippen LogP contribution in [0.25, 0.3) is 10.2 Å². The molecule has 1 heterocycles. The lowest BCUT2D eigenvalue weighted by Gasteiger charge is -2.18. The predicted octanol–water partition coefficient (Wildman–Crippen LogP) is 5.16. The molecule has 4 nitrogen and oxygen atoms in total. The van der Waals surface area contributed by atoms with Crippen molar-refractivity contribution in [3.63, 3.8) is 0 Å². The zero-order chi connectivity index (χ0) is 20.9. The number of thiazole rings is 1. The van der Waals surface area contributed by atoms with E-state index in [1.165, 1.54) is 35.1 Å². The quantitative estimate of drug-likeness (QED) is 0.372. The van der Waals surface area contributed by atoms with Gasteiger partial charge in [-0.05, 0) is 24.6 Å². The van der Waals surface area contributed by atoms with Crippen molar-refractivity contribution in [3.05, 3.63) is 53.6 Å². The Balaban J connectivity index is 1.64. The van der Waals surface area contributed by atoms with E-state index in [0.29, 0.717) is 41.7 Å². The van der Waals surface area contributed by atoms with E-state index in [1.54, 1.807) is 0 Å². The van der Waals surface area contributed by atoms with Crippen molar-refractivity contribution >= 4 is 26.7 Å². The van der Waals surface area contributed by atoms with Crippen molar-refractivity contribution in [2.75, 3.05) is 24.6 Å². The average Bonchev–Trinajstić information content (AvgIpc) is 3.07. The fourth-order valence-corrected chi connectivity index (χ4v) is 3.65. The molecule has 8 heteroatoms. The van der Waals surface area contributed by atoms with Crippen LogP contribution in [-0.2, 0) is 11.3 Å². The zero-order valence-corrected chi connectivity index (χ0v) is 16.5. The fourth-order valence-electron chi connectivity index (χ4n) is 2.63. The Morgan fingerprint density at radius 2 is 1.93 bits per heavy atom. The number of halogens is 3. The molecule has 29 heavy (non-hydrogen) atoms. The van der Waals surface area contributed by atoms with Crippen LogP contribution in [0, 0.1) is 19.3 Å². The second-order valence-electron chi connectivity index (χ2n) is 6.34. The van der Waals surface area contributed by atoms with E-state index < -0.39 is 6.36 Å². The van der Waals surface area contributed by atoms with E-state index >= 15 is 0 Å². The summed E-state index contributed by atoms with van der Waals surface area (Å²) in [4.78, 5) is 6.34. The number of terminal acetylenes is 1. The number of nitrogens with zero attached hydrogens (tertiary/aromatic N) is 2. The van der Waals surface area contributed by atoms with Crippen molar-refractivity contribution in [2.45, 2.75) is 19.9 Å². The Bertz CT molecular complexity index is 994. The SMILES string of the molecule is C#CCN(CCOCc1ccc(C)cc1)c1nc2ccc(OC(F)(F)F)cc2s1. The van der Waals surface area contributed by atoms with Crippen LogP contribution in [0.5, 0.6) is 5.75 Å². The first-order valence-electron chi connectivity index (χ1n) is 8.82. The van der Waals surface area contributed by atoms with E-state index in [0.717, 1.165) is 5.56 Å². The highest BCUT2D eigenvalue weighted by Gasteiger charge is 2.31. The molecular weight excluding hydrogens is 401 g/mol. The summed E-state index contributed by atoms with van der Waals surface area (Å²) in [6, 6.07) is 12.2. The minimum Gasteiger partial charge on any atom is -0.406 e. The van der Waals surface area contributed by atoms with E-state index in [4.69, 9.17) is 11.2 Å². The number of anilines is 1. The Labute approximate surface area is 170 Å². The lowest BCUT2D eigenvalue weighted by Crippen LogP contribution is -2.27. The van der Waals surface area contributed by atoms with Gasteiger partial charge in [0.1, 0.15) is 5.75 Å². The first-order valence-corrected chi connectivity index (χ1v) is 9.64. The van der Waals surface area contributed by atoms with Crippen molar-refractivity contribution < 1.29 is 22.6 Å². The summed E-state index contributed by atoms with van der Waals surface area (Å²) in [6.45, 7) is 3.79. The second kappa shape index (κ2) is 9.16. The zero-order valence-electron chi connectivity index (χ0n) is 15.7. The maximum Gasteiger partial charge on any atom is 0.573 e. The van der Waals surface area contributed by atoms with Gasteiger partial charge >= 0.3 is 6.36 Å². The largest absolute Gasteiger partial charge is 0.573 e. The summed E-state index contributed by atoms with van der Waals surface area (Å²) in [5, 5.41) is 0.626. The second-order valence-corrected chi connectivity index (χ2v) is 7.35. The molecule has 0 aliphatic carbocycles. The van der Waals surface area contributed by atoms with Crippen molar-refractivity contribution in [1.82, 2.24) is 4.98 Å². The summed E-state index contributed by atoms with van der Waals surface area (Å²) in [7, 11) is 0. The molecule has 0 atom stereocenters. The molecule has 0 radical (unpaired) electrons. The topological polar surface area (TPSA) is 34.6 Å².